The molecular weight excluding hydrogens is 190 g/mol. The lowest BCUT2D eigenvalue weighted by atomic mass is 9.97. The number of carbonyl (C=O) groups excluding carboxylic acids is 1. The highest BCUT2D eigenvalue weighted by atomic mass is 16.1. The average Bonchev–Trinajstić information content (AvgIpc) is 2.70. The van der Waals surface area contributed by atoms with E-state index in [0.29, 0.717) is 0 Å². The summed E-state index contributed by atoms with van der Waals surface area (Å²) < 4.78 is 0. The van der Waals surface area contributed by atoms with E-state index in [1.807, 2.05) is 0 Å². The summed E-state index contributed by atoms with van der Waals surface area (Å²) in [4.78, 5) is 11.8. The van der Waals surface area contributed by atoms with Crippen molar-refractivity contribution in [2.75, 3.05) is 5.32 Å². The minimum Gasteiger partial charge on any atom is -0.323 e. The summed E-state index contributed by atoms with van der Waals surface area (Å²) in [6, 6.07) is 0. The minimum atomic E-state index is 0.111. The third-order valence-corrected chi connectivity index (χ3v) is 2.41. The fourth-order valence-electron chi connectivity index (χ4n) is 1.67. The first kappa shape index (κ1) is 11.8. The largest absolute Gasteiger partial charge is 0.323 e. The minimum absolute atomic E-state index is 0.111. The van der Waals surface area contributed by atoms with E-state index >= 15 is 0 Å². The summed E-state index contributed by atoms with van der Waals surface area (Å²) in [5.41, 5.74) is 0.747. The second-order valence-corrected chi connectivity index (χ2v) is 3.75. The number of H-pyrrole nitrogens is 1. The van der Waals surface area contributed by atoms with Crippen molar-refractivity contribution in [3.63, 3.8) is 0 Å². The van der Waals surface area contributed by atoms with Crippen molar-refractivity contribution in [3.8, 4) is 0 Å². The van der Waals surface area contributed by atoms with E-state index in [2.05, 4.69) is 29.4 Å². The molecule has 0 aliphatic heterocycles. The zero-order valence-corrected chi connectivity index (χ0v) is 9.42. The van der Waals surface area contributed by atoms with Crippen molar-refractivity contribution < 1.29 is 4.79 Å². The fourth-order valence-corrected chi connectivity index (χ4v) is 1.67. The van der Waals surface area contributed by atoms with E-state index < -0.39 is 0 Å². The third-order valence-electron chi connectivity index (χ3n) is 2.41. The van der Waals surface area contributed by atoms with Crippen LogP contribution in [0.15, 0.2) is 12.4 Å². The molecule has 0 unspecified atom stereocenters. The number of rotatable bonds is 6. The molecule has 2 N–H and O–H groups in total. The van der Waals surface area contributed by atoms with Crippen LogP contribution in [-0.2, 0) is 4.79 Å². The highest BCUT2D eigenvalue weighted by Gasteiger charge is 2.16. The molecule has 84 valence electrons. The van der Waals surface area contributed by atoms with Crippen molar-refractivity contribution in [1.29, 1.82) is 0 Å². The smallest absolute Gasteiger partial charge is 0.227 e. The number of nitrogens with one attached hydrogen (secondary N) is 2. The lowest BCUT2D eigenvalue weighted by molar-refractivity contribution is -0.120. The Morgan fingerprint density at radius 1 is 1.47 bits per heavy atom. The van der Waals surface area contributed by atoms with E-state index in [1.165, 1.54) is 0 Å². The van der Waals surface area contributed by atoms with Gasteiger partial charge in [0, 0.05) is 12.1 Å². The van der Waals surface area contributed by atoms with Gasteiger partial charge in [0.15, 0.2) is 0 Å². The van der Waals surface area contributed by atoms with Gasteiger partial charge in [-0.1, -0.05) is 26.7 Å². The van der Waals surface area contributed by atoms with Gasteiger partial charge in [0.25, 0.3) is 0 Å². The van der Waals surface area contributed by atoms with Crippen LogP contribution >= 0.6 is 0 Å². The van der Waals surface area contributed by atoms with Crippen LogP contribution in [0.3, 0.4) is 0 Å². The Balaban J connectivity index is 2.48. The highest BCUT2D eigenvalue weighted by molar-refractivity contribution is 5.92. The number of amides is 1. The molecule has 1 amide bonds. The van der Waals surface area contributed by atoms with Crippen LogP contribution in [0.2, 0.25) is 0 Å². The van der Waals surface area contributed by atoms with Crippen molar-refractivity contribution in [3.05, 3.63) is 12.4 Å². The standard InChI is InChI=1S/C11H19N3O/c1-3-5-9(6-4-2)11(15)14-10-7-12-13-8-10/h7-9H,3-6H2,1-2H3,(H,12,13)(H,14,15). The van der Waals surface area contributed by atoms with Crippen molar-refractivity contribution in [1.82, 2.24) is 10.2 Å². The molecule has 0 atom stereocenters. The van der Waals surface area contributed by atoms with Gasteiger partial charge < -0.3 is 5.32 Å². The quantitative estimate of drug-likeness (QED) is 0.756. The first-order chi connectivity index (χ1) is 7.27. The van der Waals surface area contributed by atoms with E-state index in [0.717, 1.165) is 31.4 Å². The predicted molar refractivity (Wildman–Crippen MR) is 60.5 cm³/mol. The number of hydrogen-bond donors (Lipinski definition) is 2. The van der Waals surface area contributed by atoms with Crippen molar-refractivity contribution in [2.45, 2.75) is 39.5 Å². The van der Waals surface area contributed by atoms with Gasteiger partial charge in [-0.05, 0) is 12.8 Å². The highest BCUT2D eigenvalue weighted by Crippen LogP contribution is 2.16. The van der Waals surface area contributed by atoms with E-state index in [9.17, 15) is 4.79 Å². The number of aromatic nitrogens is 2. The molecule has 1 rings (SSSR count). The Morgan fingerprint density at radius 2 is 2.13 bits per heavy atom. The molecule has 15 heavy (non-hydrogen) atoms. The normalized spacial score (nSPS) is 10.6. The summed E-state index contributed by atoms with van der Waals surface area (Å²) in [6.45, 7) is 4.21. The molecule has 0 aromatic carbocycles. The van der Waals surface area contributed by atoms with Crippen LogP contribution in [-0.4, -0.2) is 16.1 Å². The Bertz CT molecular complexity index is 276. The lowest BCUT2D eigenvalue weighted by Crippen LogP contribution is -2.22. The third kappa shape index (κ3) is 3.73. The zero-order chi connectivity index (χ0) is 11.1. The number of aromatic amines is 1. The molecule has 1 aromatic heterocycles. The van der Waals surface area contributed by atoms with Crippen LogP contribution in [0.5, 0.6) is 0 Å². The van der Waals surface area contributed by atoms with Crippen LogP contribution in [0.4, 0.5) is 5.69 Å². The van der Waals surface area contributed by atoms with Gasteiger partial charge in [0.1, 0.15) is 0 Å². The number of hydrogen-bond acceptors (Lipinski definition) is 2. The molecular formula is C11H19N3O. The first-order valence-corrected chi connectivity index (χ1v) is 5.57. The first-order valence-electron chi connectivity index (χ1n) is 5.57. The Kier molecular flexibility index (Phi) is 4.87. The molecule has 0 saturated carbocycles. The van der Waals surface area contributed by atoms with Crippen LogP contribution in [0, 0.1) is 5.92 Å². The zero-order valence-electron chi connectivity index (χ0n) is 9.42. The molecule has 0 aliphatic carbocycles. The topological polar surface area (TPSA) is 57.8 Å². The average molecular weight is 209 g/mol. The van der Waals surface area contributed by atoms with E-state index in [-0.39, 0.29) is 11.8 Å². The molecule has 1 heterocycles. The summed E-state index contributed by atoms with van der Waals surface area (Å²) in [7, 11) is 0. The Hall–Kier alpha value is -1.32. The summed E-state index contributed by atoms with van der Waals surface area (Å²) in [6.07, 6.45) is 7.31. The van der Waals surface area contributed by atoms with Crippen LogP contribution in [0.1, 0.15) is 39.5 Å². The van der Waals surface area contributed by atoms with E-state index in [4.69, 9.17) is 0 Å². The Morgan fingerprint density at radius 3 is 2.60 bits per heavy atom. The van der Waals surface area contributed by atoms with Crippen molar-refractivity contribution in [2.24, 2.45) is 5.92 Å². The molecule has 0 spiro atoms. The van der Waals surface area contributed by atoms with Crippen molar-refractivity contribution >= 4 is 11.6 Å². The summed E-state index contributed by atoms with van der Waals surface area (Å²) in [5, 5.41) is 9.32. The molecule has 4 nitrogen and oxygen atoms in total. The maximum atomic E-state index is 11.8. The van der Waals surface area contributed by atoms with Gasteiger partial charge in [-0.2, -0.15) is 5.10 Å². The van der Waals surface area contributed by atoms with Crippen LogP contribution in [0.25, 0.3) is 0 Å². The van der Waals surface area contributed by atoms with Gasteiger partial charge >= 0.3 is 0 Å². The molecule has 0 aliphatic rings. The van der Waals surface area contributed by atoms with Gasteiger partial charge in [-0.3, -0.25) is 9.89 Å². The van der Waals surface area contributed by atoms with Gasteiger partial charge in [0.2, 0.25) is 5.91 Å². The van der Waals surface area contributed by atoms with Gasteiger partial charge in [0.05, 0.1) is 11.9 Å². The molecule has 0 bridgehead atoms. The molecule has 1 aromatic rings. The SMILES string of the molecule is CCCC(CCC)C(=O)Nc1cn[nH]c1. The molecule has 4 heteroatoms. The Labute approximate surface area is 90.5 Å². The second-order valence-electron chi connectivity index (χ2n) is 3.75. The van der Waals surface area contributed by atoms with Gasteiger partial charge in [-0.15, -0.1) is 0 Å². The maximum Gasteiger partial charge on any atom is 0.227 e. The second kappa shape index (κ2) is 6.22. The van der Waals surface area contributed by atoms with Gasteiger partial charge in [-0.25, -0.2) is 0 Å². The van der Waals surface area contributed by atoms with E-state index in [1.54, 1.807) is 12.4 Å². The lowest BCUT2D eigenvalue weighted by Gasteiger charge is -2.13. The molecule has 0 saturated heterocycles. The number of nitrogens with zero attached hydrogens (tertiary/aromatic N) is 1. The number of anilines is 1. The van der Waals surface area contributed by atoms with Crippen LogP contribution < -0.4 is 5.32 Å². The summed E-state index contributed by atoms with van der Waals surface area (Å²) >= 11 is 0. The monoisotopic (exact) mass is 209 g/mol. The molecule has 0 fully saturated rings. The predicted octanol–water partition coefficient (Wildman–Crippen LogP) is 2.56. The maximum absolute atomic E-state index is 11.8. The molecule has 0 radical (unpaired) electrons. The fraction of sp³-hybridized carbons (Fsp3) is 0.636. The summed E-state index contributed by atoms with van der Waals surface area (Å²) in [5.74, 6) is 0.245. The number of carbonyl (C=O) groups is 1.